The number of carbonyl (C=O) groups excluding carboxylic acids is 1. The number of amides is 1. The van der Waals surface area contributed by atoms with Crippen LogP contribution in [0.1, 0.15) is 13.3 Å². The number of anilines is 1. The first-order valence-electron chi connectivity index (χ1n) is 5.14. The van der Waals surface area contributed by atoms with Crippen LogP contribution in [0.4, 0.5) is 5.82 Å². The van der Waals surface area contributed by atoms with Gasteiger partial charge in [0.1, 0.15) is 5.82 Å². The molecule has 4 nitrogen and oxygen atoms in total. The second kappa shape index (κ2) is 6.14. The van der Waals surface area contributed by atoms with Crippen LogP contribution < -0.4 is 10.2 Å². The van der Waals surface area contributed by atoms with Crippen LogP contribution in [0.15, 0.2) is 24.4 Å². The van der Waals surface area contributed by atoms with Crippen molar-refractivity contribution in [3.05, 3.63) is 24.4 Å². The van der Waals surface area contributed by atoms with E-state index in [4.69, 9.17) is 0 Å². The van der Waals surface area contributed by atoms with Crippen LogP contribution in [-0.4, -0.2) is 31.0 Å². The largest absolute Gasteiger partial charge is 0.308 e. The van der Waals surface area contributed by atoms with Gasteiger partial charge in [0.05, 0.1) is 6.54 Å². The number of rotatable bonds is 5. The molecule has 0 aliphatic rings. The number of hydrogen-bond donors (Lipinski definition) is 1. The third kappa shape index (κ3) is 3.67. The number of nitrogens with zero attached hydrogens (tertiary/aromatic N) is 2. The van der Waals surface area contributed by atoms with Crippen molar-refractivity contribution in [1.29, 1.82) is 0 Å². The molecule has 1 amide bonds. The second-order valence-corrected chi connectivity index (χ2v) is 3.32. The van der Waals surface area contributed by atoms with Gasteiger partial charge in [-0.3, -0.25) is 9.69 Å². The van der Waals surface area contributed by atoms with Gasteiger partial charge in [-0.15, -0.1) is 0 Å². The molecule has 0 bridgehead atoms. The summed E-state index contributed by atoms with van der Waals surface area (Å²) in [6.07, 6.45) is 2.71. The fourth-order valence-corrected chi connectivity index (χ4v) is 1.17. The summed E-state index contributed by atoms with van der Waals surface area (Å²) < 4.78 is 0. The van der Waals surface area contributed by atoms with E-state index in [-0.39, 0.29) is 5.91 Å². The molecule has 1 N–H and O–H groups in total. The van der Waals surface area contributed by atoms with Crippen molar-refractivity contribution in [2.45, 2.75) is 13.3 Å². The van der Waals surface area contributed by atoms with Gasteiger partial charge in [0, 0.05) is 13.2 Å². The predicted molar refractivity (Wildman–Crippen MR) is 60.8 cm³/mol. The molecule has 0 saturated heterocycles. The van der Waals surface area contributed by atoms with Crippen LogP contribution in [0.5, 0.6) is 0 Å². The highest BCUT2D eigenvalue weighted by atomic mass is 16.2. The summed E-state index contributed by atoms with van der Waals surface area (Å²) in [6, 6.07) is 5.51. The molecule has 0 atom stereocenters. The lowest BCUT2D eigenvalue weighted by Gasteiger charge is -2.16. The van der Waals surface area contributed by atoms with Crippen molar-refractivity contribution in [2.24, 2.45) is 0 Å². The average Bonchev–Trinajstić information content (AvgIpc) is 2.29. The van der Waals surface area contributed by atoms with Crippen molar-refractivity contribution >= 4 is 11.7 Å². The molecule has 1 heterocycles. The lowest BCUT2D eigenvalue weighted by molar-refractivity contribution is -0.117. The lowest BCUT2D eigenvalue weighted by atomic mass is 10.4. The Labute approximate surface area is 90.3 Å². The Kier molecular flexibility index (Phi) is 4.77. The molecule has 0 fully saturated rings. The van der Waals surface area contributed by atoms with Crippen molar-refractivity contribution < 1.29 is 4.79 Å². The fraction of sp³-hybridized carbons (Fsp3) is 0.455. The van der Waals surface area contributed by atoms with Gasteiger partial charge in [0.2, 0.25) is 5.91 Å². The van der Waals surface area contributed by atoms with Crippen molar-refractivity contribution in [2.75, 3.05) is 25.0 Å². The summed E-state index contributed by atoms with van der Waals surface area (Å²) in [5, 5.41) is 3.07. The smallest absolute Gasteiger partial charge is 0.241 e. The third-order valence-electron chi connectivity index (χ3n) is 2.07. The SMILES string of the molecule is CCCNCC(=O)N(C)c1ccccn1. The Bertz CT molecular complexity index is 300. The average molecular weight is 207 g/mol. The zero-order valence-corrected chi connectivity index (χ0v) is 9.23. The van der Waals surface area contributed by atoms with E-state index in [2.05, 4.69) is 17.2 Å². The van der Waals surface area contributed by atoms with Gasteiger partial charge in [0.25, 0.3) is 0 Å². The highest BCUT2D eigenvalue weighted by molar-refractivity contribution is 5.93. The summed E-state index contributed by atoms with van der Waals surface area (Å²) in [6.45, 7) is 3.29. The van der Waals surface area contributed by atoms with E-state index in [1.165, 1.54) is 0 Å². The third-order valence-corrected chi connectivity index (χ3v) is 2.07. The molecule has 0 saturated carbocycles. The molecule has 0 radical (unpaired) electrons. The first-order valence-corrected chi connectivity index (χ1v) is 5.14. The Balaban J connectivity index is 2.46. The molecule has 15 heavy (non-hydrogen) atoms. The molecule has 1 aromatic heterocycles. The predicted octanol–water partition coefficient (Wildman–Crippen LogP) is 1.04. The van der Waals surface area contributed by atoms with E-state index in [1.807, 2.05) is 18.2 Å². The van der Waals surface area contributed by atoms with Gasteiger partial charge >= 0.3 is 0 Å². The topological polar surface area (TPSA) is 45.2 Å². The molecular weight excluding hydrogens is 190 g/mol. The maximum absolute atomic E-state index is 11.6. The fourth-order valence-electron chi connectivity index (χ4n) is 1.17. The van der Waals surface area contributed by atoms with E-state index in [0.717, 1.165) is 13.0 Å². The molecule has 0 aliphatic heterocycles. The monoisotopic (exact) mass is 207 g/mol. The highest BCUT2D eigenvalue weighted by Crippen LogP contribution is 2.05. The lowest BCUT2D eigenvalue weighted by Crippen LogP contribution is -2.36. The zero-order valence-electron chi connectivity index (χ0n) is 9.23. The van der Waals surface area contributed by atoms with Gasteiger partial charge in [-0.05, 0) is 25.1 Å². The van der Waals surface area contributed by atoms with Gasteiger partial charge in [-0.1, -0.05) is 13.0 Å². The number of pyridine rings is 1. The Morgan fingerprint density at radius 1 is 1.53 bits per heavy atom. The quantitative estimate of drug-likeness (QED) is 0.734. The Morgan fingerprint density at radius 3 is 2.93 bits per heavy atom. The number of carbonyl (C=O) groups is 1. The molecule has 1 aromatic rings. The van der Waals surface area contributed by atoms with E-state index in [1.54, 1.807) is 18.1 Å². The highest BCUT2D eigenvalue weighted by Gasteiger charge is 2.10. The normalized spacial score (nSPS) is 10.0. The first kappa shape index (κ1) is 11.7. The Hall–Kier alpha value is -1.42. The van der Waals surface area contributed by atoms with Gasteiger partial charge in [-0.25, -0.2) is 4.98 Å². The van der Waals surface area contributed by atoms with E-state index in [9.17, 15) is 4.79 Å². The summed E-state index contributed by atoms with van der Waals surface area (Å²) in [4.78, 5) is 17.3. The van der Waals surface area contributed by atoms with Gasteiger partial charge in [-0.2, -0.15) is 0 Å². The standard InChI is InChI=1S/C11H17N3O/c1-3-7-12-9-11(15)14(2)10-6-4-5-8-13-10/h4-6,8,12H,3,7,9H2,1-2H3. The van der Waals surface area contributed by atoms with Crippen LogP contribution in [0.3, 0.4) is 0 Å². The minimum absolute atomic E-state index is 0.0298. The minimum Gasteiger partial charge on any atom is -0.308 e. The Morgan fingerprint density at radius 2 is 2.33 bits per heavy atom. The van der Waals surface area contributed by atoms with Crippen molar-refractivity contribution in [1.82, 2.24) is 10.3 Å². The van der Waals surface area contributed by atoms with Gasteiger partial charge in [0.15, 0.2) is 0 Å². The second-order valence-electron chi connectivity index (χ2n) is 3.32. The summed E-state index contributed by atoms with van der Waals surface area (Å²) in [5.41, 5.74) is 0. The molecule has 0 unspecified atom stereocenters. The van der Waals surface area contributed by atoms with Crippen LogP contribution in [0, 0.1) is 0 Å². The summed E-state index contributed by atoms with van der Waals surface area (Å²) in [5.74, 6) is 0.711. The maximum atomic E-state index is 11.6. The zero-order chi connectivity index (χ0) is 11.1. The molecule has 0 aliphatic carbocycles. The minimum atomic E-state index is 0.0298. The van der Waals surface area contributed by atoms with Gasteiger partial charge < -0.3 is 5.32 Å². The summed E-state index contributed by atoms with van der Waals surface area (Å²) >= 11 is 0. The van der Waals surface area contributed by atoms with Crippen molar-refractivity contribution in [3.63, 3.8) is 0 Å². The van der Waals surface area contributed by atoms with E-state index >= 15 is 0 Å². The number of hydrogen-bond acceptors (Lipinski definition) is 3. The van der Waals surface area contributed by atoms with Crippen LogP contribution >= 0.6 is 0 Å². The van der Waals surface area contributed by atoms with Crippen LogP contribution in [-0.2, 0) is 4.79 Å². The molecule has 0 aromatic carbocycles. The summed E-state index contributed by atoms with van der Waals surface area (Å²) in [7, 11) is 1.73. The molecule has 82 valence electrons. The maximum Gasteiger partial charge on any atom is 0.241 e. The van der Waals surface area contributed by atoms with Crippen LogP contribution in [0.2, 0.25) is 0 Å². The number of likely N-dealkylation sites (N-methyl/N-ethyl adjacent to an activating group) is 1. The molecule has 1 rings (SSSR count). The van der Waals surface area contributed by atoms with Crippen molar-refractivity contribution in [3.8, 4) is 0 Å². The molecule has 4 heteroatoms. The first-order chi connectivity index (χ1) is 7.25. The number of aromatic nitrogens is 1. The van der Waals surface area contributed by atoms with E-state index < -0.39 is 0 Å². The van der Waals surface area contributed by atoms with E-state index in [0.29, 0.717) is 12.4 Å². The van der Waals surface area contributed by atoms with Crippen LogP contribution in [0.25, 0.3) is 0 Å². The number of nitrogens with one attached hydrogen (secondary N) is 1. The molecular formula is C11H17N3O. The molecule has 0 spiro atoms.